The number of allylic oxidation sites excluding steroid dienone is 2. The van der Waals surface area contributed by atoms with E-state index in [0.29, 0.717) is 34.6 Å². The summed E-state index contributed by atoms with van der Waals surface area (Å²) >= 11 is 7.69. The Balaban J connectivity index is 0.00000129. The highest BCUT2D eigenvalue weighted by Crippen LogP contribution is 2.39. The number of anilines is 1. The minimum absolute atomic E-state index is 0.0695. The largest absolute Gasteiger partial charge is 0.361 e. The van der Waals surface area contributed by atoms with Crippen molar-refractivity contribution >= 4 is 53.4 Å². The molecule has 0 amide bonds. The average molecular weight is 523 g/mol. The molecule has 1 atom stereocenters. The third-order valence-corrected chi connectivity index (χ3v) is 6.23. The Labute approximate surface area is 218 Å². The highest BCUT2D eigenvalue weighted by Gasteiger charge is 2.31. The number of halogens is 1. The first-order valence-corrected chi connectivity index (χ1v) is 12.8. The molecular weight excluding hydrogens is 484 g/mol. The van der Waals surface area contributed by atoms with E-state index in [2.05, 4.69) is 63.4 Å². The van der Waals surface area contributed by atoms with Crippen LogP contribution in [0.5, 0.6) is 0 Å². The number of carbonyl (C=O) groups excluding carboxylic acids is 2. The van der Waals surface area contributed by atoms with Crippen LogP contribution in [0.2, 0.25) is 5.15 Å². The van der Waals surface area contributed by atoms with Gasteiger partial charge >= 0.3 is 0 Å². The van der Waals surface area contributed by atoms with Crippen LogP contribution < -0.4 is 10.9 Å². The maximum absolute atomic E-state index is 13.1. The minimum Gasteiger partial charge on any atom is -0.361 e. The molecule has 0 saturated heterocycles. The lowest BCUT2D eigenvalue weighted by Gasteiger charge is -2.18. The van der Waals surface area contributed by atoms with E-state index in [1.54, 1.807) is 22.4 Å². The minimum atomic E-state index is -0.159. The zero-order valence-corrected chi connectivity index (χ0v) is 23.6. The Bertz CT molecular complexity index is 1060. The van der Waals surface area contributed by atoms with E-state index in [0.717, 1.165) is 24.0 Å². The topological polar surface area (TPSA) is 93.9 Å². The van der Waals surface area contributed by atoms with Crippen molar-refractivity contribution in [2.45, 2.75) is 73.8 Å². The van der Waals surface area contributed by atoms with E-state index in [4.69, 9.17) is 21.2 Å². The lowest BCUT2D eigenvalue weighted by Crippen LogP contribution is -2.29. The van der Waals surface area contributed by atoms with Gasteiger partial charge < -0.3 is 14.9 Å². The summed E-state index contributed by atoms with van der Waals surface area (Å²) in [6, 6.07) is 3.58. The van der Waals surface area contributed by atoms with Crippen molar-refractivity contribution in [2.24, 2.45) is 5.92 Å². The van der Waals surface area contributed by atoms with Crippen LogP contribution in [-0.2, 0) is 9.59 Å². The Morgan fingerprint density at radius 3 is 2.29 bits per heavy atom. The monoisotopic (exact) mass is 522 g/mol. The summed E-state index contributed by atoms with van der Waals surface area (Å²) in [6.07, 6.45) is 4.27. The van der Waals surface area contributed by atoms with Crippen molar-refractivity contribution in [1.29, 1.82) is 0 Å². The van der Waals surface area contributed by atoms with E-state index < -0.39 is 0 Å². The number of fused-ring (bicyclic) bond motifs is 1. The number of carbonyl (C=O) groups is 2. The summed E-state index contributed by atoms with van der Waals surface area (Å²) in [5.74, 6) is 0.837. The van der Waals surface area contributed by atoms with E-state index in [1.165, 1.54) is 23.8 Å². The van der Waals surface area contributed by atoms with Gasteiger partial charge in [-0.25, -0.2) is 9.97 Å². The van der Waals surface area contributed by atoms with Gasteiger partial charge in [0.1, 0.15) is 23.7 Å². The van der Waals surface area contributed by atoms with Crippen molar-refractivity contribution in [3.8, 4) is 0 Å². The lowest BCUT2D eigenvalue weighted by molar-refractivity contribution is -0.106. The fourth-order valence-electron chi connectivity index (χ4n) is 2.88. The zero-order valence-electron chi connectivity index (χ0n) is 22.0. The van der Waals surface area contributed by atoms with Gasteiger partial charge in [-0.2, -0.15) is 0 Å². The number of aldehydes is 1. The van der Waals surface area contributed by atoms with Gasteiger partial charge in [0.25, 0.3) is 5.56 Å². The second-order valence-electron chi connectivity index (χ2n) is 8.18. The van der Waals surface area contributed by atoms with E-state index in [1.807, 2.05) is 12.9 Å². The van der Waals surface area contributed by atoms with Crippen molar-refractivity contribution in [1.82, 2.24) is 14.5 Å². The number of pyridine rings is 1. The van der Waals surface area contributed by atoms with Gasteiger partial charge in [0.05, 0.1) is 0 Å². The van der Waals surface area contributed by atoms with Crippen LogP contribution in [-0.4, -0.2) is 34.2 Å². The van der Waals surface area contributed by atoms with Gasteiger partial charge in [0.15, 0.2) is 11.5 Å². The molecule has 2 aromatic rings. The normalized spacial score (nSPS) is 12.5. The molecule has 1 aliphatic carbocycles. The molecule has 1 unspecified atom stereocenters. The van der Waals surface area contributed by atoms with Crippen molar-refractivity contribution in [3.05, 3.63) is 49.6 Å². The van der Waals surface area contributed by atoms with E-state index >= 15 is 0 Å². The van der Waals surface area contributed by atoms with E-state index in [9.17, 15) is 4.79 Å². The first kappa shape index (κ1) is 32.5. The van der Waals surface area contributed by atoms with Gasteiger partial charge in [0, 0.05) is 17.5 Å². The molecule has 0 bridgehead atoms. The van der Waals surface area contributed by atoms with Crippen molar-refractivity contribution in [3.63, 3.8) is 0 Å². The molecule has 0 spiro atoms. The molecule has 2 heterocycles. The van der Waals surface area contributed by atoms with Crippen molar-refractivity contribution in [2.75, 3.05) is 11.9 Å². The molecule has 1 aliphatic rings. The number of hydrogen-bond acceptors (Lipinski definition) is 7. The number of nitrogens with one attached hydrogen (secondary N) is 1. The highest BCUT2D eigenvalue weighted by molar-refractivity contribution is 8.06. The maximum atomic E-state index is 13.1. The summed E-state index contributed by atoms with van der Waals surface area (Å²) in [7, 11) is 0. The van der Waals surface area contributed by atoms with Crippen LogP contribution in [0.1, 0.15) is 73.8 Å². The molecule has 1 saturated carbocycles. The molecule has 3 rings (SSSR count). The van der Waals surface area contributed by atoms with Crippen LogP contribution in [0, 0.1) is 5.92 Å². The first-order valence-electron chi connectivity index (χ1n) is 11.6. The standard InChI is InChI=1S/C20H25ClN4OS.C3H8.C2H4O.CH2O/c1-11(2)14(5)27-12(3)10-22-18-20(26)25(13(4)15-6-7-15)19-16(23-18)8-9-17(21)24-19;1-3-2;1-2-3;1-2/h8-9,13,15H,3,6-7,10H2,1-2,4-5H3,(H,22,23);3H2,1-2H3;2H,1H3;1H2. The molecule has 194 valence electrons. The predicted octanol–water partition coefficient (Wildman–Crippen LogP) is 6.83. The van der Waals surface area contributed by atoms with Crippen LogP contribution in [0.3, 0.4) is 0 Å². The third-order valence-electron chi connectivity index (χ3n) is 4.87. The molecule has 0 aliphatic heterocycles. The molecule has 35 heavy (non-hydrogen) atoms. The predicted molar refractivity (Wildman–Crippen MR) is 150 cm³/mol. The zero-order chi connectivity index (χ0) is 27.1. The fourth-order valence-corrected chi connectivity index (χ4v) is 3.80. The SMILES string of the molecule is C=C(CNc1nc2ccc(Cl)nc2n(C(C)C2CC2)c1=O)SC(C)=C(C)C.C=O.CC=O.CCC. The van der Waals surface area contributed by atoms with Crippen LogP contribution >= 0.6 is 23.4 Å². The van der Waals surface area contributed by atoms with Crippen LogP contribution in [0.25, 0.3) is 11.2 Å². The Kier molecular flexibility index (Phi) is 15.9. The Morgan fingerprint density at radius 2 is 1.80 bits per heavy atom. The number of rotatable bonds is 7. The second-order valence-corrected chi connectivity index (χ2v) is 9.96. The summed E-state index contributed by atoms with van der Waals surface area (Å²) in [4.78, 5) is 40.9. The number of aromatic nitrogens is 3. The molecule has 7 nitrogen and oxygen atoms in total. The van der Waals surface area contributed by atoms with Crippen LogP contribution in [0.4, 0.5) is 5.82 Å². The van der Waals surface area contributed by atoms with Gasteiger partial charge in [-0.1, -0.05) is 55.8 Å². The molecule has 0 aromatic carbocycles. The van der Waals surface area contributed by atoms with Gasteiger partial charge in [0.2, 0.25) is 0 Å². The molecule has 2 aromatic heterocycles. The third kappa shape index (κ3) is 10.8. The van der Waals surface area contributed by atoms with Crippen LogP contribution in [0.15, 0.2) is 38.9 Å². The lowest BCUT2D eigenvalue weighted by atomic mass is 10.2. The average Bonchev–Trinajstić information content (AvgIpc) is 3.65. The Hall–Kier alpha value is -2.45. The fraction of sp³-hybridized carbons (Fsp3) is 0.500. The number of thioether (sulfide) groups is 1. The molecular formula is C26H39ClN4O3S. The summed E-state index contributed by atoms with van der Waals surface area (Å²) < 4.78 is 1.74. The molecule has 1 N–H and O–H groups in total. The second kappa shape index (κ2) is 17.1. The Morgan fingerprint density at radius 1 is 1.26 bits per heavy atom. The molecule has 0 radical (unpaired) electrons. The summed E-state index contributed by atoms with van der Waals surface area (Å²) in [6.45, 7) is 20.5. The quantitative estimate of drug-likeness (QED) is 0.314. The van der Waals surface area contributed by atoms with Gasteiger partial charge in [-0.3, -0.25) is 9.36 Å². The number of hydrogen-bond donors (Lipinski definition) is 1. The van der Waals surface area contributed by atoms with E-state index in [-0.39, 0.29) is 11.6 Å². The summed E-state index contributed by atoms with van der Waals surface area (Å²) in [5.41, 5.74) is 2.31. The van der Waals surface area contributed by atoms with Gasteiger partial charge in [-0.05, 0) is 70.4 Å². The first-order chi connectivity index (χ1) is 16.6. The van der Waals surface area contributed by atoms with Gasteiger partial charge in [-0.15, -0.1) is 0 Å². The molecule has 1 fully saturated rings. The maximum Gasteiger partial charge on any atom is 0.295 e. The number of nitrogens with zero attached hydrogens (tertiary/aromatic N) is 3. The molecule has 9 heteroatoms. The van der Waals surface area contributed by atoms with Crippen molar-refractivity contribution < 1.29 is 9.59 Å². The highest BCUT2D eigenvalue weighted by atomic mass is 35.5. The smallest absolute Gasteiger partial charge is 0.295 e. The summed E-state index contributed by atoms with van der Waals surface area (Å²) in [5, 5.41) is 3.53.